The lowest BCUT2D eigenvalue weighted by molar-refractivity contribution is -0.122. The summed E-state index contributed by atoms with van der Waals surface area (Å²) in [4.78, 5) is 23.1. The van der Waals surface area contributed by atoms with Gasteiger partial charge in [-0.05, 0) is 31.0 Å². The third kappa shape index (κ3) is 3.86. The van der Waals surface area contributed by atoms with E-state index in [4.69, 9.17) is 11.6 Å². The fraction of sp³-hybridized carbons (Fsp3) is 0.385. The summed E-state index contributed by atoms with van der Waals surface area (Å²) in [5.74, 6) is -0.336. The molecule has 3 N–H and O–H groups in total. The number of hydrogen-bond acceptors (Lipinski definition) is 3. The molecule has 1 aromatic rings. The van der Waals surface area contributed by atoms with Gasteiger partial charge in [-0.3, -0.25) is 9.59 Å². The van der Waals surface area contributed by atoms with Gasteiger partial charge in [-0.15, -0.1) is 0 Å². The minimum absolute atomic E-state index is 0.0415. The molecule has 0 saturated heterocycles. The number of benzene rings is 1. The molecule has 102 valence electrons. The summed E-state index contributed by atoms with van der Waals surface area (Å²) in [6.07, 6.45) is 1.91. The van der Waals surface area contributed by atoms with Crippen LogP contribution in [0.2, 0.25) is 5.02 Å². The molecule has 1 saturated carbocycles. The minimum Gasteiger partial charge on any atom is -0.507 e. The third-order valence-corrected chi connectivity index (χ3v) is 3.10. The van der Waals surface area contributed by atoms with Crippen LogP contribution in [-0.4, -0.2) is 30.0 Å². The first-order valence-electron chi connectivity index (χ1n) is 6.12. The summed E-state index contributed by atoms with van der Waals surface area (Å²) in [6, 6.07) is 4.27. The summed E-state index contributed by atoms with van der Waals surface area (Å²) in [6.45, 7) is 0.686. The molecule has 0 heterocycles. The SMILES string of the molecule is O=C(NCCNC(=O)C1CC1)c1cc(Cl)ccc1O. The molecule has 0 spiro atoms. The number of nitrogens with one attached hydrogen (secondary N) is 2. The molecule has 0 radical (unpaired) electrons. The molecule has 5 nitrogen and oxygen atoms in total. The number of halogens is 1. The topological polar surface area (TPSA) is 78.4 Å². The van der Waals surface area contributed by atoms with Gasteiger partial charge in [-0.25, -0.2) is 0 Å². The highest BCUT2D eigenvalue weighted by molar-refractivity contribution is 6.31. The second-order valence-corrected chi connectivity index (χ2v) is 4.92. The molecule has 19 heavy (non-hydrogen) atoms. The van der Waals surface area contributed by atoms with E-state index in [2.05, 4.69) is 10.6 Å². The molecule has 6 heteroatoms. The van der Waals surface area contributed by atoms with E-state index in [1.165, 1.54) is 18.2 Å². The Morgan fingerprint density at radius 3 is 2.63 bits per heavy atom. The largest absolute Gasteiger partial charge is 0.507 e. The van der Waals surface area contributed by atoms with Crippen molar-refractivity contribution in [3.8, 4) is 5.75 Å². The minimum atomic E-state index is -0.416. The predicted octanol–water partition coefficient (Wildman–Crippen LogP) is 1.30. The van der Waals surface area contributed by atoms with E-state index < -0.39 is 5.91 Å². The average Bonchev–Trinajstić information content (AvgIpc) is 3.21. The number of hydrogen-bond donors (Lipinski definition) is 3. The second-order valence-electron chi connectivity index (χ2n) is 4.48. The summed E-state index contributed by atoms with van der Waals surface area (Å²) < 4.78 is 0. The van der Waals surface area contributed by atoms with Gasteiger partial charge < -0.3 is 15.7 Å². The van der Waals surface area contributed by atoms with Gasteiger partial charge in [0.25, 0.3) is 5.91 Å². The van der Waals surface area contributed by atoms with Crippen molar-refractivity contribution in [3.63, 3.8) is 0 Å². The van der Waals surface area contributed by atoms with Crippen molar-refractivity contribution in [1.82, 2.24) is 10.6 Å². The number of phenolic OH excluding ortho intramolecular Hbond substituents is 1. The lowest BCUT2D eigenvalue weighted by Crippen LogP contribution is -2.35. The highest BCUT2D eigenvalue weighted by Crippen LogP contribution is 2.28. The van der Waals surface area contributed by atoms with Crippen molar-refractivity contribution in [3.05, 3.63) is 28.8 Å². The zero-order chi connectivity index (χ0) is 13.8. The molecule has 0 unspecified atom stereocenters. The highest BCUT2D eigenvalue weighted by atomic mass is 35.5. The van der Waals surface area contributed by atoms with Gasteiger partial charge in [0.2, 0.25) is 5.91 Å². The van der Waals surface area contributed by atoms with Crippen LogP contribution in [0.5, 0.6) is 5.75 Å². The monoisotopic (exact) mass is 282 g/mol. The van der Waals surface area contributed by atoms with E-state index in [1.54, 1.807) is 0 Å². The zero-order valence-corrected chi connectivity index (χ0v) is 11.0. The fourth-order valence-electron chi connectivity index (χ4n) is 1.64. The Morgan fingerprint density at radius 1 is 1.26 bits per heavy atom. The molecule has 1 aliphatic carbocycles. The molecule has 0 aliphatic heterocycles. The van der Waals surface area contributed by atoms with Gasteiger partial charge in [0.05, 0.1) is 5.56 Å². The quantitative estimate of drug-likeness (QED) is 0.712. The molecule has 2 amide bonds. The van der Waals surface area contributed by atoms with E-state index in [0.29, 0.717) is 18.1 Å². The first-order chi connectivity index (χ1) is 9.08. The number of carbonyl (C=O) groups excluding carboxylic acids is 2. The van der Waals surface area contributed by atoms with E-state index in [0.717, 1.165) is 12.8 Å². The Kier molecular flexibility index (Phi) is 4.27. The third-order valence-electron chi connectivity index (χ3n) is 2.86. The Morgan fingerprint density at radius 2 is 1.95 bits per heavy atom. The van der Waals surface area contributed by atoms with Crippen LogP contribution >= 0.6 is 11.6 Å². The van der Waals surface area contributed by atoms with Crippen LogP contribution in [0.4, 0.5) is 0 Å². The molecular formula is C13H15ClN2O3. The summed E-state index contributed by atoms with van der Waals surface area (Å²) >= 11 is 5.76. The molecule has 1 aliphatic rings. The van der Waals surface area contributed by atoms with Crippen molar-refractivity contribution in [1.29, 1.82) is 0 Å². The van der Waals surface area contributed by atoms with Gasteiger partial charge in [-0.1, -0.05) is 11.6 Å². The summed E-state index contributed by atoms with van der Waals surface area (Å²) in [5.41, 5.74) is 0.126. The smallest absolute Gasteiger partial charge is 0.255 e. The lowest BCUT2D eigenvalue weighted by atomic mass is 10.2. The molecule has 2 rings (SSSR count). The first kappa shape index (κ1) is 13.7. The Labute approximate surface area is 116 Å². The number of rotatable bonds is 5. The van der Waals surface area contributed by atoms with Crippen LogP contribution in [0.1, 0.15) is 23.2 Å². The van der Waals surface area contributed by atoms with Gasteiger partial charge in [0.1, 0.15) is 5.75 Å². The van der Waals surface area contributed by atoms with E-state index in [-0.39, 0.29) is 23.1 Å². The van der Waals surface area contributed by atoms with Crippen LogP contribution in [0.3, 0.4) is 0 Å². The van der Waals surface area contributed by atoms with Crippen LogP contribution in [0.25, 0.3) is 0 Å². The lowest BCUT2D eigenvalue weighted by Gasteiger charge is -2.08. The first-order valence-corrected chi connectivity index (χ1v) is 6.50. The number of carbonyl (C=O) groups is 2. The van der Waals surface area contributed by atoms with E-state index >= 15 is 0 Å². The van der Waals surface area contributed by atoms with Crippen molar-refractivity contribution in [2.75, 3.05) is 13.1 Å². The zero-order valence-electron chi connectivity index (χ0n) is 10.3. The number of amides is 2. The van der Waals surface area contributed by atoms with Gasteiger partial charge in [0.15, 0.2) is 0 Å². The molecule has 0 bridgehead atoms. The van der Waals surface area contributed by atoms with Crippen LogP contribution < -0.4 is 10.6 Å². The van der Waals surface area contributed by atoms with E-state index in [9.17, 15) is 14.7 Å². The maximum Gasteiger partial charge on any atom is 0.255 e. The summed E-state index contributed by atoms with van der Waals surface area (Å²) in [7, 11) is 0. The van der Waals surface area contributed by atoms with Gasteiger partial charge in [-0.2, -0.15) is 0 Å². The van der Waals surface area contributed by atoms with Crippen molar-refractivity contribution in [2.45, 2.75) is 12.8 Å². The number of phenols is 1. The normalized spacial score (nSPS) is 13.9. The summed E-state index contributed by atoms with van der Waals surface area (Å²) in [5, 5.41) is 15.3. The maximum atomic E-state index is 11.8. The van der Waals surface area contributed by atoms with Crippen LogP contribution in [-0.2, 0) is 4.79 Å². The molecule has 0 atom stereocenters. The molecular weight excluding hydrogens is 268 g/mol. The van der Waals surface area contributed by atoms with Crippen molar-refractivity contribution >= 4 is 23.4 Å². The highest BCUT2D eigenvalue weighted by Gasteiger charge is 2.29. The van der Waals surface area contributed by atoms with E-state index in [1.807, 2.05) is 0 Å². The second kappa shape index (κ2) is 5.93. The van der Waals surface area contributed by atoms with Crippen LogP contribution in [0, 0.1) is 5.92 Å². The van der Waals surface area contributed by atoms with Gasteiger partial charge in [0, 0.05) is 24.0 Å². The Bertz CT molecular complexity index is 501. The molecule has 1 fully saturated rings. The molecule has 1 aromatic carbocycles. The maximum absolute atomic E-state index is 11.8. The van der Waals surface area contributed by atoms with Crippen molar-refractivity contribution in [2.24, 2.45) is 5.92 Å². The average molecular weight is 283 g/mol. The number of aromatic hydroxyl groups is 1. The Hall–Kier alpha value is -1.75. The van der Waals surface area contributed by atoms with Gasteiger partial charge >= 0.3 is 0 Å². The van der Waals surface area contributed by atoms with Crippen LogP contribution in [0.15, 0.2) is 18.2 Å². The predicted molar refractivity (Wildman–Crippen MR) is 71.2 cm³/mol. The standard InChI is InChI=1S/C13H15ClN2O3/c14-9-3-4-11(17)10(7-9)13(19)16-6-5-15-12(18)8-1-2-8/h3-4,7-8,17H,1-2,5-6H2,(H,15,18)(H,16,19). The Balaban J connectivity index is 1.77. The molecule has 0 aromatic heterocycles. The fourth-order valence-corrected chi connectivity index (χ4v) is 1.81. The van der Waals surface area contributed by atoms with Crippen molar-refractivity contribution < 1.29 is 14.7 Å².